The fourth-order valence-corrected chi connectivity index (χ4v) is 2.53. The van der Waals surface area contributed by atoms with Crippen molar-refractivity contribution in [1.82, 2.24) is 0 Å². The number of carboxylic acids is 1. The van der Waals surface area contributed by atoms with Crippen LogP contribution >= 0.6 is 0 Å². The molecule has 0 fully saturated rings. The molecule has 160 valence electrons. The lowest BCUT2D eigenvalue weighted by molar-refractivity contribution is 0.0511. The van der Waals surface area contributed by atoms with Crippen LogP contribution in [0, 0.1) is 0 Å². The maximum atomic E-state index is 11.4. The van der Waals surface area contributed by atoms with E-state index in [1.54, 1.807) is 24.3 Å². The second kappa shape index (κ2) is 15.7. The first-order valence-corrected chi connectivity index (χ1v) is 10.5. The normalized spacial score (nSPS) is 10.6. The minimum absolute atomic E-state index is 0.250. The van der Waals surface area contributed by atoms with Crippen molar-refractivity contribution in [2.24, 2.45) is 0 Å². The molecule has 0 spiro atoms. The van der Waals surface area contributed by atoms with Crippen LogP contribution in [0.1, 0.15) is 72.2 Å². The van der Waals surface area contributed by atoms with E-state index < -0.39 is 5.97 Å². The molecule has 0 amide bonds. The molecule has 30 heavy (non-hydrogen) atoms. The number of hydrogen-bond donors (Lipinski definition) is 1. The van der Waals surface area contributed by atoms with Crippen LogP contribution in [0.5, 0.6) is 0 Å². The zero-order valence-corrected chi connectivity index (χ0v) is 17.9. The minimum atomic E-state index is -0.870. The number of aromatic carboxylic acids is 1. The second-order valence-corrected chi connectivity index (χ2v) is 6.61. The molecule has 0 aliphatic heterocycles. The van der Waals surface area contributed by atoms with Gasteiger partial charge in [0, 0.05) is 0 Å². The number of carbonyl (C=O) groups excluding carboxylic acids is 1. The monoisotopic (exact) mass is 408 g/mol. The third-order valence-electron chi connectivity index (χ3n) is 4.14. The highest BCUT2D eigenvalue weighted by atomic mass is 16.5. The van der Waals surface area contributed by atoms with Crippen LogP contribution in [-0.4, -0.2) is 23.7 Å². The van der Waals surface area contributed by atoms with Gasteiger partial charge in [0.25, 0.3) is 0 Å². The van der Waals surface area contributed by atoms with Gasteiger partial charge in [-0.3, -0.25) is 0 Å². The van der Waals surface area contributed by atoms with Crippen LogP contribution in [0.2, 0.25) is 0 Å². The molecule has 1 N–H and O–H groups in total. The van der Waals surface area contributed by atoms with E-state index in [4.69, 9.17) is 9.84 Å². The molecule has 0 aromatic heterocycles. The number of hydrogen-bond acceptors (Lipinski definition) is 3. The summed E-state index contributed by atoms with van der Waals surface area (Å²) in [5.41, 5.74) is 1.75. The van der Waals surface area contributed by atoms with E-state index >= 15 is 0 Å². The van der Waals surface area contributed by atoms with Gasteiger partial charge in [-0.05, 0) is 43.0 Å². The van der Waals surface area contributed by atoms with Gasteiger partial charge in [-0.25, -0.2) is 9.59 Å². The molecule has 0 aliphatic carbocycles. The van der Waals surface area contributed by atoms with Crippen molar-refractivity contribution in [3.63, 3.8) is 0 Å². The maximum Gasteiger partial charge on any atom is 0.338 e. The van der Waals surface area contributed by atoms with Gasteiger partial charge in [-0.1, -0.05) is 87.4 Å². The summed E-state index contributed by atoms with van der Waals surface area (Å²) in [7, 11) is 0. The summed E-state index contributed by atoms with van der Waals surface area (Å²) in [4.78, 5) is 22.3. The van der Waals surface area contributed by atoms with Gasteiger partial charge in [0.15, 0.2) is 0 Å². The summed E-state index contributed by atoms with van der Waals surface area (Å²) in [6, 6.07) is 16.1. The highest BCUT2D eigenvalue weighted by Gasteiger charge is 2.05. The Kier molecular flexibility index (Phi) is 13.1. The molecule has 0 atom stereocenters. The van der Waals surface area contributed by atoms with E-state index in [1.165, 1.54) is 0 Å². The molecular weight excluding hydrogens is 376 g/mol. The van der Waals surface area contributed by atoms with Gasteiger partial charge in [0.2, 0.25) is 0 Å². The van der Waals surface area contributed by atoms with Gasteiger partial charge < -0.3 is 9.84 Å². The van der Waals surface area contributed by atoms with Crippen molar-refractivity contribution < 1.29 is 19.4 Å². The topological polar surface area (TPSA) is 63.6 Å². The fraction of sp³-hybridized carbons (Fsp3) is 0.308. The summed E-state index contributed by atoms with van der Waals surface area (Å²) in [5.74, 6) is -1.12. The molecule has 2 aromatic rings. The number of carbonyl (C=O) groups is 2. The zero-order valence-electron chi connectivity index (χ0n) is 17.9. The van der Waals surface area contributed by atoms with E-state index in [1.807, 2.05) is 48.6 Å². The molecule has 0 heterocycles. The lowest BCUT2D eigenvalue weighted by atomic mass is 10.1. The van der Waals surface area contributed by atoms with Crippen molar-refractivity contribution in [1.29, 1.82) is 0 Å². The SMILES string of the molecule is CC/C=C\CCOC(=O)c1ccccc1.CCCCC=Cc1ccccc1C(=O)O. The number of esters is 1. The van der Waals surface area contributed by atoms with Crippen LogP contribution in [0.25, 0.3) is 6.08 Å². The van der Waals surface area contributed by atoms with Gasteiger partial charge in [0.05, 0.1) is 17.7 Å². The third kappa shape index (κ3) is 10.4. The van der Waals surface area contributed by atoms with E-state index in [0.717, 1.165) is 37.7 Å². The molecule has 4 heteroatoms. The quantitative estimate of drug-likeness (QED) is 0.267. The Balaban J connectivity index is 0.000000300. The first-order chi connectivity index (χ1) is 14.6. The standard InChI is InChI=1S/2C13H16O2/c1-2-3-4-8-11-15-13(14)12-9-6-5-7-10-12;1-2-3-4-5-8-11-9-6-7-10-12(11)13(14)15/h3-7,9-10H,2,8,11H2,1H3;5-10H,2-4H2,1H3,(H,14,15)/b4-3-;. The first-order valence-electron chi connectivity index (χ1n) is 10.5. The second-order valence-electron chi connectivity index (χ2n) is 6.61. The molecule has 0 aliphatic rings. The highest BCUT2D eigenvalue weighted by molar-refractivity contribution is 5.92. The molecule has 0 unspecified atom stereocenters. The van der Waals surface area contributed by atoms with Crippen LogP contribution in [-0.2, 0) is 4.74 Å². The first kappa shape index (κ1) is 24.9. The Morgan fingerprint density at radius 3 is 2.27 bits per heavy atom. The van der Waals surface area contributed by atoms with Gasteiger partial charge >= 0.3 is 11.9 Å². The molecule has 2 aromatic carbocycles. The minimum Gasteiger partial charge on any atom is -0.478 e. The summed E-state index contributed by atoms with van der Waals surface area (Å²) in [5, 5.41) is 8.93. The lowest BCUT2D eigenvalue weighted by Crippen LogP contribution is -2.05. The Hall–Kier alpha value is -3.14. The predicted octanol–water partition coefficient (Wildman–Crippen LogP) is 6.79. The smallest absolute Gasteiger partial charge is 0.338 e. The van der Waals surface area contributed by atoms with Gasteiger partial charge in [0.1, 0.15) is 0 Å². The molecule has 4 nitrogen and oxygen atoms in total. The zero-order chi connectivity index (χ0) is 22.0. The van der Waals surface area contributed by atoms with Crippen molar-refractivity contribution in [2.45, 2.75) is 46.0 Å². The number of unbranched alkanes of at least 4 members (excludes halogenated alkanes) is 2. The average molecular weight is 409 g/mol. The number of rotatable bonds is 10. The summed E-state index contributed by atoms with van der Waals surface area (Å²) < 4.78 is 5.08. The van der Waals surface area contributed by atoms with Crippen LogP contribution < -0.4 is 0 Å². The fourth-order valence-electron chi connectivity index (χ4n) is 2.53. The molecule has 0 radical (unpaired) electrons. The molecule has 0 saturated heterocycles. The van der Waals surface area contributed by atoms with Gasteiger partial charge in [-0.15, -0.1) is 0 Å². The van der Waals surface area contributed by atoms with Crippen LogP contribution in [0.15, 0.2) is 72.8 Å². The molecular formula is C26H32O4. The molecule has 2 rings (SSSR count). The maximum absolute atomic E-state index is 11.4. The highest BCUT2D eigenvalue weighted by Crippen LogP contribution is 2.11. The number of ether oxygens (including phenoxy) is 1. The molecule has 0 saturated carbocycles. The average Bonchev–Trinajstić information content (AvgIpc) is 2.77. The van der Waals surface area contributed by atoms with Gasteiger partial charge in [-0.2, -0.15) is 0 Å². The Morgan fingerprint density at radius 2 is 1.60 bits per heavy atom. The van der Waals surface area contributed by atoms with Crippen LogP contribution in [0.3, 0.4) is 0 Å². The van der Waals surface area contributed by atoms with Crippen molar-refractivity contribution >= 4 is 18.0 Å². The van der Waals surface area contributed by atoms with E-state index in [2.05, 4.69) is 19.9 Å². The van der Waals surface area contributed by atoms with Crippen LogP contribution in [0.4, 0.5) is 0 Å². The Labute approximate surface area is 179 Å². The Morgan fingerprint density at radius 1 is 0.900 bits per heavy atom. The van der Waals surface area contributed by atoms with E-state index in [-0.39, 0.29) is 5.97 Å². The lowest BCUT2D eigenvalue weighted by Gasteiger charge is -2.02. The third-order valence-corrected chi connectivity index (χ3v) is 4.14. The summed E-state index contributed by atoms with van der Waals surface area (Å²) in [6.45, 7) is 4.66. The predicted molar refractivity (Wildman–Crippen MR) is 123 cm³/mol. The number of benzene rings is 2. The van der Waals surface area contributed by atoms with Crippen molar-refractivity contribution in [2.75, 3.05) is 6.61 Å². The number of carboxylic acid groups (broad SMARTS) is 1. The summed E-state index contributed by atoms with van der Waals surface area (Å²) >= 11 is 0. The van der Waals surface area contributed by atoms with E-state index in [9.17, 15) is 9.59 Å². The number of allylic oxidation sites excluding steroid dienone is 2. The van der Waals surface area contributed by atoms with Crippen molar-refractivity contribution in [3.8, 4) is 0 Å². The van der Waals surface area contributed by atoms with E-state index in [0.29, 0.717) is 17.7 Å². The Bertz CT molecular complexity index is 807. The summed E-state index contributed by atoms with van der Waals surface area (Å²) in [6.07, 6.45) is 13.1. The van der Waals surface area contributed by atoms with Crippen molar-refractivity contribution in [3.05, 3.63) is 89.5 Å². The largest absolute Gasteiger partial charge is 0.478 e. The molecule has 0 bridgehead atoms.